The fourth-order valence-corrected chi connectivity index (χ4v) is 5.41. The monoisotopic (exact) mass is 486 g/mol. The molecule has 1 aliphatic carbocycles. The Morgan fingerprint density at radius 1 is 1.33 bits per heavy atom. The van der Waals surface area contributed by atoms with E-state index in [-0.39, 0.29) is 0 Å². The maximum atomic E-state index is 9.88. The first-order chi connectivity index (χ1) is 16.0. The first-order valence-corrected chi connectivity index (χ1v) is 12.7. The molecule has 1 amide bonds. The number of benzene rings is 1. The molecular weight excluding hydrogens is 456 g/mol. The van der Waals surface area contributed by atoms with E-state index >= 15 is 0 Å². The van der Waals surface area contributed by atoms with Crippen LogP contribution in [0.2, 0.25) is 0 Å². The lowest BCUT2D eigenvalue weighted by atomic mass is 9.97. The van der Waals surface area contributed by atoms with E-state index in [2.05, 4.69) is 15.3 Å². The molecular formula is C23H30N6O2S2. The van der Waals surface area contributed by atoms with Crippen LogP contribution in [0.3, 0.4) is 0 Å². The summed E-state index contributed by atoms with van der Waals surface area (Å²) in [6, 6.07) is 3.83. The van der Waals surface area contributed by atoms with Gasteiger partial charge in [0.2, 0.25) is 6.41 Å². The molecule has 10 heteroatoms. The highest BCUT2D eigenvalue weighted by atomic mass is 32.2. The summed E-state index contributed by atoms with van der Waals surface area (Å²) in [7, 11) is 3.32. The Hall–Kier alpha value is -2.69. The van der Waals surface area contributed by atoms with Gasteiger partial charge in [-0.05, 0) is 49.6 Å². The van der Waals surface area contributed by atoms with E-state index in [4.69, 9.17) is 15.9 Å². The van der Waals surface area contributed by atoms with Gasteiger partial charge < -0.3 is 26.1 Å². The summed E-state index contributed by atoms with van der Waals surface area (Å²) in [5.41, 5.74) is 9.67. The van der Waals surface area contributed by atoms with Crippen LogP contribution in [-0.2, 0) is 22.4 Å². The minimum Gasteiger partial charge on any atom is -0.398 e. The number of methoxy groups -OCH3 is 1. The molecule has 1 aliphatic rings. The fourth-order valence-electron chi connectivity index (χ4n) is 3.60. The number of hydrogen-bond donors (Lipinski definition) is 3. The molecule has 0 bridgehead atoms. The van der Waals surface area contributed by atoms with Gasteiger partial charge in [0.25, 0.3) is 0 Å². The van der Waals surface area contributed by atoms with Crippen molar-refractivity contribution < 1.29 is 9.53 Å². The van der Waals surface area contributed by atoms with Crippen LogP contribution in [0.5, 0.6) is 0 Å². The van der Waals surface area contributed by atoms with E-state index in [1.807, 2.05) is 18.4 Å². The molecule has 0 radical (unpaired) electrons. The molecule has 4 rings (SSSR count). The molecule has 0 unspecified atom stereocenters. The quantitative estimate of drug-likeness (QED) is 0.188. The minimum absolute atomic E-state index is 0.606. The molecule has 0 saturated heterocycles. The average molecular weight is 487 g/mol. The lowest BCUT2D eigenvalue weighted by molar-refractivity contribution is -0.117. The van der Waals surface area contributed by atoms with Crippen molar-refractivity contribution in [1.29, 1.82) is 5.41 Å². The first-order valence-electron chi connectivity index (χ1n) is 10.7. The maximum absolute atomic E-state index is 9.88. The third kappa shape index (κ3) is 6.01. The van der Waals surface area contributed by atoms with E-state index in [9.17, 15) is 4.79 Å². The molecule has 3 aromatic rings. The first kappa shape index (κ1) is 24.9. The molecule has 0 fully saturated rings. The van der Waals surface area contributed by atoms with Crippen LogP contribution in [0.25, 0.3) is 10.2 Å². The van der Waals surface area contributed by atoms with Crippen molar-refractivity contribution in [3.63, 3.8) is 0 Å². The summed E-state index contributed by atoms with van der Waals surface area (Å²) in [6.45, 7) is 1.27. The number of amides is 1. The number of thioether (sulfide) groups is 1. The van der Waals surface area contributed by atoms with Crippen LogP contribution in [-0.4, -0.2) is 61.1 Å². The second-order valence-electron chi connectivity index (χ2n) is 7.64. The number of nitrogens with zero attached hydrogens (tertiary/aromatic N) is 3. The zero-order valence-electron chi connectivity index (χ0n) is 19.2. The standard InChI is InChI=1S/C18H19N5S2.C5H11NO2/c1-24-15-7-12(20)10(8-19)6-13(15)23-17-16-11-4-2-3-5-14(11)25-18(16)22-9-21-17;1-6(5-7)3-4-8-2/h6-9,19H,2-5,20H2,1H3,(H,21,22,23);5H,3-4H2,1-2H3. The number of aromatic nitrogens is 2. The van der Waals surface area contributed by atoms with E-state index in [1.54, 1.807) is 43.6 Å². The molecule has 0 aliphatic heterocycles. The van der Waals surface area contributed by atoms with Gasteiger partial charge in [0.1, 0.15) is 17.0 Å². The van der Waals surface area contributed by atoms with Crippen molar-refractivity contribution in [2.45, 2.75) is 30.6 Å². The van der Waals surface area contributed by atoms with Gasteiger partial charge in [-0.25, -0.2) is 9.97 Å². The number of nitrogen functional groups attached to an aromatic ring is 1. The third-order valence-electron chi connectivity index (χ3n) is 5.39. The van der Waals surface area contributed by atoms with Crippen molar-refractivity contribution in [1.82, 2.24) is 14.9 Å². The van der Waals surface area contributed by atoms with E-state index in [0.717, 1.165) is 45.9 Å². The van der Waals surface area contributed by atoms with Gasteiger partial charge in [0, 0.05) is 47.9 Å². The van der Waals surface area contributed by atoms with Crippen LogP contribution >= 0.6 is 23.1 Å². The Labute approximate surface area is 202 Å². The van der Waals surface area contributed by atoms with Crippen LogP contribution in [0.1, 0.15) is 28.8 Å². The Balaban J connectivity index is 0.000000331. The molecule has 0 atom stereocenters. The van der Waals surface area contributed by atoms with Gasteiger partial charge >= 0.3 is 0 Å². The number of rotatable bonds is 8. The lowest BCUT2D eigenvalue weighted by Gasteiger charge is -2.15. The lowest BCUT2D eigenvalue weighted by Crippen LogP contribution is -2.20. The molecule has 2 heterocycles. The predicted molar refractivity (Wildman–Crippen MR) is 138 cm³/mol. The van der Waals surface area contributed by atoms with Crippen LogP contribution < -0.4 is 11.1 Å². The number of aryl methyl sites for hydroxylation is 2. The third-order valence-corrected chi connectivity index (χ3v) is 7.37. The normalized spacial score (nSPS) is 12.5. The summed E-state index contributed by atoms with van der Waals surface area (Å²) in [5.74, 6) is 0.848. The number of nitrogens with one attached hydrogen (secondary N) is 2. The van der Waals surface area contributed by atoms with Crippen molar-refractivity contribution in [3.05, 3.63) is 34.5 Å². The predicted octanol–water partition coefficient (Wildman–Crippen LogP) is 4.34. The fraction of sp³-hybridized carbons (Fsp3) is 0.391. The van der Waals surface area contributed by atoms with Crippen LogP contribution in [0.4, 0.5) is 17.2 Å². The highest BCUT2D eigenvalue weighted by Gasteiger charge is 2.20. The number of fused-ring (bicyclic) bond motifs is 3. The average Bonchev–Trinajstić information content (AvgIpc) is 3.23. The Morgan fingerprint density at radius 3 is 2.82 bits per heavy atom. The van der Waals surface area contributed by atoms with Crippen molar-refractivity contribution >= 4 is 63.1 Å². The molecule has 176 valence electrons. The van der Waals surface area contributed by atoms with Gasteiger partial charge in [-0.2, -0.15) is 0 Å². The molecule has 0 spiro atoms. The molecule has 8 nitrogen and oxygen atoms in total. The molecule has 4 N–H and O–H groups in total. The highest BCUT2D eigenvalue weighted by molar-refractivity contribution is 7.98. The van der Waals surface area contributed by atoms with Crippen LogP contribution in [0.15, 0.2) is 23.4 Å². The number of carbonyl (C=O) groups excluding carboxylic acids is 1. The van der Waals surface area contributed by atoms with Gasteiger partial charge in [0.15, 0.2) is 0 Å². The van der Waals surface area contributed by atoms with Gasteiger partial charge in [-0.15, -0.1) is 23.1 Å². The summed E-state index contributed by atoms with van der Waals surface area (Å²) in [5, 5.41) is 12.2. The second kappa shape index (κ2) is 12.0. The summed E-state index contributed by atoms with van der Waals surface area (Å²) in [4.78, 5) is 24.0. The summed E-state index contributed by atoms with van der Waals surface area (Å²) < 4.78 is 4.71. The van der Waals surface area contributed by atoms with E-state index < -0.39 is 0 Å². The number of anilines is 3. The molecule has 0 saturated carbocycles. The molecule has 2 aromatic heterocycles. The Morgan fingerprint density at radius 2 is 2.12 bits per heavy atom. The van der Waals surface area contributed by atoms with Crippen LogP contribution in [0, 0.1) is 5.41 Å². The second-order valence-corrected chi connectivity index (χ2v) is 9.57. The van der Waals surface area contributed by atoms with Crippen molar-refractivity contribution in [2.24, 2.45) is 0 Å². The van der Waals surface area contributed by atoms with Gasteiger partial charge in [-0.1, -0.05) is 0 Å². The number of likely N-dealkylation sites (N-methyl/N-ethyl adjacent to an activating group) is 1. The van der Waals surface area contributed by atoms with Crippen molar-refractivity contribution in [2.75, 3.05) is 44.6 Å². The summed E-state index contributed by atoms with van der Waals surface area (Å²) in [6.07, 6.45) is 10.4. The number of thiophene rings is 1. The highest BCUT2D eigenvalue weighted by Crippen LogP contribution is 2.40. The van der Waals surface area contributed by atoms with E-state index in [1.165, 1.54) is 34.4 Å². The zero-order chi connectivity index (χ0) is 23.8. The van der Waals surface area contributed by atoms with Gasteiger partial charge in [0.05, 0.1) is 17.7 Å². The largest absolute Gasteiger partial charge is 0.398 e. The van der Waals surface area contributed by atoms with Gasteiger partial charge in [-0.3, -0.25) is 4.79 Å². The maximum Gasteiger partial charge on any atom is 0.209 e. The number of nitrogens with two attached hydrogens (primary N) is 1. The molecule has 33 heavy (non-hydrogen) atoms. The minimum atomic E-state index is 0.606. The van der Waals surface area contributed by atoms with Crippen molar-refractivity contribution in [3.8, 4) is 0 Å². The number of hydrogen-bond acceptors (Lipinski definition) is 9. The Bertz CT molecular complexity index is 1120. The Kier molecular flexibility index (Phi) is 9.04. The topological polar surface area (TPSA) is 117 Å². The zero-order valence-corrected chi connectivity index (χ0v) is 20.8. The SMILES string of the molecule is COCCN(C)C=O.CSc1cc(N)c(C=N)cc1Nc1ncnc2sc3c(c12)CCCC3. The number of carbonyl (C=O) groups is 1. The van der Waals surface area contributed by atoms with E-state index in [0.29, 0.717) is 24.4 Å². The summed E-state index contributed by atoms with van der Waals surface area (Å²) >= 11 is 3.42. The number of ether oxygens (including phenoxy) is 1. The smallest absolute Gasteiger partial charge is 0.209 e. The molecule has 1 aromatic carbocycles.